The van der Waals surface area contributed by atoms with Crippen molar-refractivity contribution in [2.24, 2.45) is 0 Å². The minimum Gasteiger partial charge on any atom is -0.492 e. The highest BCUT2D eigenvalue weighted by atomic mass is 35.5. The number of anilines is 1. The Bertz CT molecular complexity index is 813. The predicted molar refractivity (Wildman–Crippen MR) is 85.0 cm³/mol. The van der Waals surface area contributed by atoms with Gasteiger partial charge in [0, 0.05) is 6.42 Å². The SMILES string of the molecule is CCc1ccc(Cc2nc3nc(CCl)c(N)c(O)n3n2)cc1. The summed E-state index contributed by atoms with van der Waals surface area (Å²) in [4.78, 5) is 8.54. The van der Waals surface area contributed by atoms with E-state index in [9.17, 15) is 5.11 Å². The van der Waals surface area contributed by atoms with Gasteiger partial charge in [-0.1, -0.05) is 31.2 Å². The lowest BCUT2D eigenvalue weighted by atomic mass is 10.1. The van der Waals surface area contributed by atoms with Crippen molar-refractivity contribution in [2.75, 3.05) is 5.73 Å². The third-order valence-electron chi connectivity index (χ3n) is 3.54. The zero-order valence-electron chi connectivity index (χ0n) is 12.1. The van der Waals surface area contributed by atoms with E-state index in [1.807, 2.05) is 0 Å². The molecule has 2 aromatic heterocycles. The van der Waals surface area contributed by atoms with E-state index in [1.54, 1.807) is 0 Å². The summed E-state index contributed by atoms with van der Waals surface area (Å²) in [6, 6.07) is 8.28. The molecule has 0 aliphatic rings. The topological polar surface area (TPSA) is 89.3 Å². The van der Waals surface area contributed by atoms with Gasteiger partial charge < -0.3 is 10.8 Å². The first-order valence-electron chi connectivity index (χ1n) is 6.99. The molecule has 3 rings (SSSR count). The fourth-order valence-electron chi connectivity index (χ4n) is 2.24. The van der Waals surface area contributed by atoms with Gasteiger partial charge in [0.1, 0.15) is 5.69 Å². The molecule has 3 N–H and O–H groups in total. The number of nitrogens with zero attached hydrogens (tertiary/aromatic N) is 4. The molecule has 0 amide bonds. The maximum absolute atomic E-state index is 10.1. The van der Waals surface area contributed by atoms with Crippen LogP contribution in [-0.4, -0.2) is 24.7 Å². The summed E-state index contributed by atoms with van der Waals surface area (Å²) < 4.78 is 1.24. The summed E-state index contributed by atoms with van der Waals surface area (Å²) in [6.07, 6.45) is 1.56. The van der Waals surface area contributed by atoms with Crippen LogP contribution >= 0.6 is 11.6 Å². The van der Waals surface area contributed by atoms with Gasteiger partial charge in [-0.05, 0) is 17.5 Å². The molecule has 22 heavy (non-hydrogen) atoms. The maximum Gasteiger partial charge on any atom is 0.256 e. The van der Waals surface area contributed by atoms with Crippen LogP contribution in [0.1, 0.15) is 29.6 Å². The predicted octanol–water partition coefficient (Wildman–Crippen LogP) is 2.30. The number of benzene rings is 1. The van der Waals surface area contributed by atoms with E-state index in [-0.39, 0.29) is 17.4 Å². The Balaban J connectivity index is 1.96. The van der Waals surface area contributed by atoms with E-state index in [0.29, 0.717) is 23.7 Å². The maximum atomic E-state index is 10.1. The molecule has 0 saturated carbocycles. The molecule has 6 nitrogen and oxygen atoms in total. The molecule has 0 radical (unpaired) electrons. The summed E-state index contributed by atoms with van der Waals surface area (Å²) in [5.41, 5.74) is 8.68. The van der Waals surface area contributed by atoms with E-state index >= 15 is 0 Å². The van der Waals surface area contributed by atoms with E-state index in [0.717, 1.165) is 12.0 Å². The van der Waals surface area contributed by atoms with Crippen molar-refractivity contribution in [3.8, 4) is 5.88 Å². The quantitative estimate of drug-likeness (QED) is 0.721. The molecule has 7 heteroatoms. The van der Waals surface area contributed by atoms with Crippen molar-refractivity contribution >= 4 is 23.1 Å². The van der Waals surface area contributed by atoms with E-state index < -0.39 is 0 Å². The Morgan fingerprint density at radius 3 is 2.50 bits per heavy atom. The highest BCUT2D eigenvalue weighted by Gasteiger charge is 2.15. The molecule has 0 atom stereocenters. The van der Waals surface area contributed by atoms with Gasteiger partial charge in [0.2, 0.25) is 5.88 Å². The summed E-state index contributed by atoms with van der Waals surface area (Å²) in [6.45, 7) is 2.12. The van der Waals surface area contributed by atoms with Gasteiger partial charge in [-0.2, -0.15) is 9.50 Å². The molecule has 0 spiro atoms. The largest absolute Gasteiger partial charge is 0.492 e. The van der Waals surface area contributed by atoms with Crippen LogP contribution in [-0.2, 0) is 18.7 Å². The number of aromatic nitrogens is 4. The van der Waals surface area contributed by atoms with Crippen LogP contribution in [0.5, 0.6) is 5.88 Å². The zero-order chi connectivity index (χ0) is 15.7. The number of aromatic hydroxyl groups is 1. The number of nitrogens with two attached hydrogens (primary N) is 1. The third-order valence-corrected chi connectivity index (χ3v) is 3.79. The van der Waals surface area contributed by atoms with Crippen LogP contribution in [0.3, 0.4) is 0 Å². The second-order valence-electron chi connectivity index (χ2n) is 5.02. The molecule has 1 aromatic carbocycles. The average Bonchev–Trinajstić information content (AvgIpc) is 2.94. The lowest BCUT2D eigenvalue weighted by molar-refractivity contribution is 0.437. The fraction of sp³-hybridized carbons (Fsp3) is 0.267. The Kier molecular flexibility index (Phi) is 3.85. The molecule has 2 heterocycles. The Hall–Kier alpha value is -2.34. The molecule has 0 unspecified atom stereocenters. The van der Waals surface area contributed by atoms with Gasteiger partial charge >= 0.3 is 0 Å². The van der Waals surface area contributed by atoms with Crippen LogP contribution in [0, 0.1) is 0 Å². The van der Waals surface area contributed by atoms with Crippen molar-refractivity contribution in [3.63, 3.8) is 0 Å². The van der Waals surface area contributed by atoms with Crippen LogP contribution < -0.4 is 5.73 Å². The number of hydrogen-bond acceptors (Lipinski definition) is 5. The smallest absolute Gasteiger partial charge is 0.256 e. The molecular formula is C15H16ClN5O. The van der Waals surface area contributed by atoms with E-state index in [4.69, 9.17) is 17.3 Å². The number of aryl methyl sites for hydroxylation is 1. The van der Waals surface area contributed by atoms with Crippen LogP contribution in [0.2, 0.25) is 0 Å². The van der Waals surface area contributed by atoms with Crippen molar-refractivity contribution in [1.82, 2.24) is 19.6 Å². The fourth-order valence-corrected chi connectivity index (χ4v) is 2.44. The molecule has 0 fully saturated rings. The van der Waals surface area contributed by atoms with E-state index in [2.05, 4.69) is 46.3 Å². The molecular weight excluding hydrogens is 302 g/mol. The summed E-state index contributed by atoms with van der Waals surface area (Å²) in [5.74, 6) is 0.790. The number of halogens is 1. The number of nitrogen functional groups attached to an aromatic ring is 1. The van der Waals surface area contributed by atoms with Crippen molar-refractivity contribution in [2.45, 2.75) is 25.6 Å². The van der Waals surface area contributed by atoms with Crippen LogP contribution in [0.15, 0.2) is 24.3 Å². The minimum atomic E-state index is -0.180. The van der Waals surface area contributed by atoms with Gasteiger partial charge in [0.05, 0.1) is 11.6 Å². The van der Waals surface area contributed by atoms with Crippen molar-refractivity contribution in [3.05, 3.63) is 46.9 Å². The van der Waals surface area contributed by atoms with Gasteiger partial charge in [0.25, 0.3) is 5.78 Å². The first-order valence-corrected chi connectivity index (χ1v) is 7.52. The van der Waals surface area contributed by atoms with Gasteiger partial charge in [-0.3, -0.25) is 0 Å². The van der Waals surface area contributed by atoms with Crippen molar-refractivity contribution in [1.29, 1.82) is 0 Å². The van der Waals surface area contributed by atoms with Crippen molar-refractivity contribution < 1.29 is 5.11 Å². The summed E-state index contributed by atoms with van der Waals surface area (Å²) in [7, 11) is 0. The molecule has 3 aromatic rings. The summed E-state index contributed by atoms with van der Waals surface area (Å²) >= 11 is 5.76. The van der Waals surface area contributed by atoms with Gasteiger partial charge in [-0.25, -0.2) is 4.98 Å². The minimum absolute atomic E-state index is 0.108. The molecule has 0 bridgehead atoms. The number of rotatable bonds is 4. The molecule has 0 aliphatic carbocycles. The number of fused-ring (bicyclic) bond motifs is 1. The normalized spacial score (nSPS) is 11.2. The Labute approximate surface area is 132 Å². The van der Waals surface area contributed by atoms with Crippen LogP contribution in [0.4, 0.5) is 5.69 Å². The molecule has 114 valence electrons. The van der Waals surface area contributed by atoms with Gasteiger partial charge in [0.15, 0.2) is 5.82 Å². The highest BCUT2D eigenvalue weighted by molar-refractivity contribution is 6.17. The monoisotopic (exact) mass is 317 g/mol. The Morgan fingerprint density at radius 1 is 1.18 bits per heavy atom. The lowest BCUT2D eigenvalue weighted by Gasteiger charge is -2.03. The van der Waals surface area contributed by atoms with E-state index in [1.165, 1.54) is 10.1 Å². The number of hydrogen-bond donors (Lipinski definition) is 2. The van der Waals surface area contributed by atoms with Crippen LogP contribution in [0.25, 0.3) is 5.78 Å². The number of alkyl halides is 1. The summed E-state index contributed by atoms with van der Waals surface area (Å²) in [5, 5.41) is 14.3. The second kappa shape index (κ2) is 5.81. The van der Waals surface area contributed by atoms with Gasteiger partial charge in [-0.15, -0.1) is 16.7 Å². The standard InChI is InChI=1S/C15H16ClN5O/c1-2-9-3-5-10(6-4-9)7-12-19-15-18-11(8-16)13(17)14(22)21(15)20-12/h3-6,22H,2,7-8,17H2,1H3. The molecule has 0 saturated heterocycles. The lowest BCUT2D eigenvalue weighted by Crippen LogP contribution is -2.02. The Morgan fingerprint density at radius 2 is 1.86 bits per heavy atom. The third kappa shape index (κ3) is 2.57. The average molecular weight is 318 g/mol. The first-order chi connectivity index (χ1) is 10.6. The molecule has 0 aliphatic heterocycles. The first kappa shape index (κ1) is 14.6. The zero-order valence-corrected chi connectivity index (χ0v) is 12.9. The second-order valence-corrected chi connectivity index (χ2v) is 5.28. The highest BCUT2D eigenvalue weighted by Crippen LogP contribution is 2.24.